The van der Waals surface area contributed by atoms with Gasteiger partial charge in [-0.3, -0.25) is 28.2 Å². The highest BCUT2D eigenvalue weighted by Gasteiger charge is 2.57. The number of hydrogen-bond donors (Lipinski definition) is 2. The SMILES string of the molecule is CCCCCCCCC=CCCCCCCCC(=O)O[C@@H](COP(=O)(O)OCCN)C(OC(=O)CCCCCCCC=CCCCCCCCC)(C(=O)CCCCCCCC=CCCCCCCCC)C(=O)CCCCCCCC=CCCCCCCCC. The van der Waals surface area contributed by atoms with Crippen LogP contribution in [0.5, 0.6) is 0 Å². The number of ketones is 2. The van der Waals surface area contributed by atoms with Crippen LogP contribution in [0.25, 0.3) is 0 Å². The minimum atomic E-state index is -4.83. The number of rotatable bonds is 71. The molecule has 1 unspecified atom stereocenters. The maximum Gasteiger partial charge on any atom is 0.472 e. The quantitative estimate of drug-likeness (QED) is 0.0195. The smallest absolute Gasteiger partial charge is 0.455 e. The van der Waals surface area contributed by atoms with Crippen molar-refractivity contribution in [1.82, 2.24) is 0 Å². The van der Waals surface area contributed by atoms with Crippen LogP contribution < -0.4 is 5.73 Å². The van der Waals surface area contributed by atoms with E-state index in [1.165, 1.54) is 154 Å². The summed E-state index contributed by atoms with van der Waals surface area (Å²) in [5, 5.41) is 0. The first kappa shape index (κ1) is 86.3. The molecule has 0 aliphatic heterocycles. The van der Waals surface area contributed by atoms with Crippen molar-refractivity contribution in [2.75, 3.05) is 19.8 Å². The van der Waals surface area contributed by atoms with Crippen molar-refractivity contribution < 1.29 is 47.2 Å². The van der Waals surface area contributed by atoms with Gasteiger partial charge in [0.15, 0.2) is 17.7 Å². The third-order valence-electron chi connectivity index (χ3n) is 17.2. The van der Waals surface area contributed by atoms with Crippen molar-refractivity contribution in [3.8, 4) is 0 Å². The lowest BCUT2D eigenvalue weighted by Crippen LogP contribution is -2.61. The molecule has 0 aromatic carbocycles. The second kappa shape index (κ2) is 66.8. The van der Waals surface area contributed by atoms with Gasteiger partial charge in [0.05, 0.1) is 6.61 Å². The Balaban J connectivity index is 6.45. The molecule has 0 bridgehead atoms. The van der Waals surface area contributed by atoms with Crippen LogP contribution in [0.3, 0.4) is 0 Å². The zero-order chi connectivity index (χ0) is 65.1. The van der Waals surface area contributed by atoms with E-state index in [2.05, 4.69) is 76.3 Å². The average Bonchev–Trinajstić information content (AvgIpc) is 1.54. The number of allylic oxidation sites excluding steroid dienone is 8. The van der Waals surface area contributed by atoms with Gasteiger partial charge in [0.1, 0.15) is 6.61 Å². The zero-order valence-corrected chi connectivity index (χ0v) is 59.5. The van der Waals surface area contributed by atoms with Gasteiger partial charge in [0, 0.05) is 32.2 Å². The van der Waals surface area contributed by atoms with E-state index in [1.54, 1.807) is 0 Å². The van der Waals surface area contributed by atoms with Gasteiger partial charge in [0.25, 0.3) is 5.60 Å². The molecule has 0 rings (SSSR count). The summed E-state index contributed by atoms with van der Waals surface area (Å²) in [7, 11) is -4.83. The summed E-state index contributed by atoms with van der Waals surface area (Å²) in [5.74, 6) is -2.80. The highest BCUT2D eigenvalue weighted by atomic mass is 31.2. The summed E-state index contributed by atoms with van der Waals surface area (Å²) in [4.78, 5) is 69.7. The topological polar surface area (TPSA) is 169 Å². The Morgan fingerprint density at radius 1 is 0.360 bits per heavy atom. The van der Waals surface area contributed by atoms with Crippen LogP contribution in [-0.2, 0) is 42.3 Å². The first-order chi connectivity index (χ1) is 43.5. The number of phosphoric acid groups is 1. The molecular weight excluding hydrogens is 1130 g/mol. The number of Topliss-reactive ketones (excluding diaryl/α,β-unsaturated/α-hetero) is 2. The van der Waals surface area contributed by atoms with Crippen LogP contribution in [0.2, 0.25) is 0 Å². The van der Waals surface area contributed by atoms with E-state index in [0.717, 1.165) is 141 Å². The molecule has 11 nitrogen and oxygen atoms in total. The van der Waals surface area contributed by atoms with E-state index >= 15 is 9.59 Å². The molecule has 520 valence electrons. The molecule has 0 amide bonds. The molecule has 12 heteroatoms. The second-order valence-electron chi connectivity index (χ2n) is 25.8. The molecule has 89 heavy (non-hydrogen) atoms. The molecule has 0 saturated carbocycles. The summed E-state index contributed by atoms with van der Waals surface area (Å²) >= 11 is 0. The van der Waals surface area contributed by atoms with Gasteiger partial charge < -0.3 is 20.1 Å². The van der Waals surface area contributed by atoms with Crippen molar-refractivity contribution in [2.24, 2.45) is 5.73 Å². The Labute approximate surface area is 549 Å². The Morgan fingerprint density at radius 2 is 0.607 bits per heavy atom. The molecule has 0 aliphatic carbocycles. The lowest BCUT2D eigenvalue weighted by atomic mass is 9.82. The van der Waals surface area contributed by atoms with E-state index in [4.69, 9.17) is 24.3 Å². The lowest BCUT2D eigenvalue weighted by molar-refractivity contribution is -0.196. The maximum atomic E-state index is 15.2. The normalized spacial score (nSPS) is 13.7. The number of nitrogens with two attached hydrogens (primary N) is 1. The first-order valence-electron chi connectivity index (χ1n) is 37.9. The molecule has 0 heterocycles. The maximum absolute atomic E-state index is 15.2. The Hall–Kier alpha value is -2.69. The zero-order valence-electron chi connectivity index (χ0n) is 58.6. The van der Waals surface area contributed by atoms with Crippen LogP contribution in [-0.4, -0.2) is 59.9 Å². The number of unbranched alkanes of at least 4 members (excludes halogenated alkanes) is 44. The third-order valence-corrected chi connectivity index (χ3v) is 18.2. The molecule has 3 N–H and O–H groups in total. The van der Waals surface area contributed by atoms with Gasteiger partial charge in [-0.05, 0) is 128 Å². The minimum absolute atomic E-state index is 0.0150. The summed E-state index contributed by atoms with van der Waals surface area (Å²) in [6.45, 7) is 7.73. The number of carbonyl (C=O) groups excluding carboxylic acids is 4. The number of ether oxygens (including phenoxy) is 2. The standard InChI is InChI=1S/C77H142NO10P/c1-5-9-13-17-21-25-29-33-37-41-45-49-53-57-61-65-72(79)77(73(80)66-62-58-54-50-46-42-38-34-30-26-22-18-14-10-6-2,88-76(82)68-64-60-56-52-48-44-40-36-32-28-24-20-16-12-8-4)74(71-86-89(83,84)85-70-69-78)87-75(81)67-63-59-55-51-47-43-39-35-31-27-23-19-15-11-7-3/h33-40,74H,5-32,41-71,78H2,1-4H3,(H,83,84)/t74-,77?/m0/s1. The van der Waals surface area contributed by atoms with Crippen molar-refractivity contribution in [1.29, 1.82) is 0 Å². The van der Waals surface area contributed by atoms with Crippen LogP contribution in [0.15, 0.2) is 48.6 Å². The third kappa shape index (κ3) is 55.5. The minimum Gasteiger partial charge on any atom is -0.455 e. The predicted molar refractivity (Wildman–Crippen MR) is 377 cm³/mol. The van der Waals surface area contributed by atoms with E-state index in [0.29, 0.717) is 38.5 Å². The molecule has 0 radical (unpaired) electrons. The van der Waals surface area contributed by atoms with Crippen LogP contribution in [0.1, 0.15) is 387 Å². The largest absolute Gasteiger partial charge is 0.472 e. The Morgan fingerprint density at radius 3 is 0.888 bits per heavy atom. The van der Waals surface area contributed by atoms with E-state index in [9.17, 15) is 19.0 Å². The van der Waals surface area contributed by atoms with Gasteiger partial charge in [0.2, 0.25) is 0 Å². The van der Waals surface area contributed by atoms with E-state index < -0.39 is 49.6 Å². The fraction of sp³-hybridized carbons (Fsp3) is 0.844. The summed E-state index contributed by atoms with van der Waals surface area (Å²) in [6.07, 6.45) is 72.4. The van der Waals surface area contributed by atoms with Crippen LogP contribution in [0, 0.1) is 0 Å². The van der Waals surface area contributed by atoms with Crippen molar-refractivity contribution in [3.63, 3.8) is 0 Å². The van der Waals surface area contributed by atoms with E-state index in [-0.39, 0.29) is 38.8 Å². The molecule has 0 fully saturated rings. The Kier molecular flexibility index (Phi) is 64.7. The predicted octanol–water partition coefficient (Wildman–Crippen LogP) is 23.6. The van der Waals surface area contributed by atoms with Gasteiger partial charge in [-0.1, -0.05) is 282 Å². The molecule has 0 aromatic heterocycles. The van der Waals surface area contributed by atoms with Gasteiger partial charge in [-0.15, -0.1) is 0 Å². The van der Waals surface area contributed by atoms with E-state index in [1.807, 2.05) is 0 Å². The van der Waals surface area contributed by atoms with Crippen molar-refractivity contribution in [2.45, 2.75) is 399 Å². The highest BCUT2D eigenvalue weighted by molar-refractivity contribution is 7.47. The number of carbonyl (C=O) groups is 4. The monoisotopic (exact) mass is 1270 g/mol. The van der Waals surface area contributed by atoms with Crippen molar-refractivity contribution in [3.05, 3.63) is 48.6 Å². The number of esters is 2. The molecule has 0 aliphatic rings. The van der Waals surface area contributed by atoms with Crippen LogP contribution in [0.4, 0.5) is 0 Å². The summed E-state index contributed by atoms with van der Waals surface area (Å²) in [5.41, 5.74) is 3.03. The van der Waals surface area contributed by atoms with Gasteiger partial charge in [-0.25, -0.2) is 4.57 Å². The molecule has 2 atom stereocenters. The van der Waals surface area contributed by atoms with Gasteiger partial charge in [-0.2, -0.15) is 0 Å². The molecule has 0 aromatic rings. The number of hydrogen-bond acceptors (Lipinski definition) is 10. The molecular formula is C77H142NO10P. The second-order valence-corrected chi connectivity index (χ2v) is 27.2. The van der Waals surface area contributed by atoms with Crippen molar-refractivity contribution >= 4 is 31.3 Å². The summed E-state index contributed by atoms with van der Waals surface area (Å²) < 4.78 is 36.4. The fourth-order valence-corrected chi connectivity index (χ4v) is 12.2. The lowest BCUT2D eigenvalue weighted by Gasteiger charge is -2.37. The van der Waals surface area contributed by atoms with Gasteiger partial charge >= 0.3 is 19.8 Å². The Bertz CT molecular complexity index is 1730. The average molecular weight is 1270 g/mol. The molecule has 0 spiro atoms. The fourth-order valence-electron chi connectivity index (χ4n) is 11.5. The van der Waals surface area contributed by atoms with Crippen LogP contribution >= 0.6 is 7.82 Å². The summed E-state index contributed by atoms with van der Waals surface area (Å²) in [6, 6.07) is 0. The molecule has 0 saturated heterocycles. The number of phosphoric ester groups is 1. The highest BCUT2D eigenvalue weighted by Crippen LogP contribution is 2.44. The first-order valence-corrected chi connectivity index (χ1v) is 39.4.